The molecule has 4 rings (SSSR count). The summed E-state index contributed by atoms with van der Waals surface area (Å²) >= 11 is 10.7. The van der Waals surface area contributed by atoms with E-state index in [1.807, 2.05) is 4.90 Å². The van der Waals surface area contributed by atoms with Crippen molar-refractivity contribution in [3.05, 3.63) is 15.3 Å². The van der Waals surface area contributed by atoms with Gasteiger partial charge in [-0.25, -0.2) is 23.1 Å². The van der Waals surface area contributed by atoms with Crippen LogP contribution in [0.1, 0.15) is 12.8 Å². The average Bonchev–Trinajstić information content (AvgIpc) is 2.76. The van der Waals surface area contributed by atoms with Crippen molar-refractivity contribution in [3.63, 3.8) is 0 Å². The van der Waals surface area contributed by atoms with Gasteiger partial charge in [-0.15, -0.1) is 0 Å². The van der Waals surface area contributed by atoms with Crippen LogP contribution in [0, 0.1) is 11.7 Å². The molecule has 2 aliphatic rings. The normalized spacial score (nSPS) is 19.2. The van der Waals surface area contributed by atoms with E-state index in [1.165, 1.54) is 11.8 Å². The van der Waals surface area contributed by atoms with Gasteiger partial charge in [0.05, 0.1) is 16.4 Å². The molecule has 0 amide bonds. The number of thioether (sulfide) groups is 1. The predicted octanol–water partition coefficient (Wildman–Crippen LogP) is 5.15. The van der Waals surface area contributed by atoms with Crippen molar-refractivity contribution in [2.24, 2.45) is 5.92 Å². The first-order valence-electron chi connectivity index (χ1n) is 7.98. The molecule has 4 nitrogen and oxygen atoms in total. The highest BCUT2D eigenvalue weighted by molar-refractivity contribution is 9.10. The van der Waals surface area contributed by atoms with E-state index in [0.717, 1.165) is 0 Å². The van der Waals surface area contributed by atoms with Gasteiger partial charge in [0.1, 0.15) is 23.0 Å². The zero-order valence-corrected chi connectivity index (χ0v) is 16.8. The number of hydrogen-bond donors (Lipinski definition) is 0. The van der Waals surface area contributed by atoms with Crippen LogP contribution in [0.25, 0.3) is 10.9 Å². The summed E-state index contributed by atoms with van der Waals surface area (Å²) in [7, 11) is 0. The number of alkyl halides is 2. The zero-order chi connectivity index (χ0) is 18.6. The predicted molar refractivity (Wildman–Crippen MR) is 99.4 cm³/mol. The molecule has 0 saturated heterocycles. The summed E-state index contributed by atoms with van der Waals surface area (Å²) in [5, 5.41) is 0.906. The third-order valence-corrected chi connectivity index (χ3v) is 6.51. The van der Waals surface area contributed by atoms with E-state index >= 15 is 0 Å². The van der Waals surface area contributed by atoms with Gasteiger partial charge < -0.3 is 9.64 Å². The Hall–Kier alpha value is -0.930. The molecule has 10 heteroatoms. The molecule has 140 valence electrons. The van der Waals surface area contributed by atoms with Crippen LogP contribution in [0.5, 0.6) is 5.75 Å². The highest BCUT2D eigenvalue weighted by Crippen LogP contribution is 2.47. The van der Waals surface area contributed by atoms with Gasteiger partial charge in [-0.2, -0.15) is 0 Å². The van der Waals surface area contributed by atoms with E-state index in [-0.39, 0.29) is 33.8 Å². The lowest BCUT2D eigenvalue weighted by molar-refractivity contribution is -0.107. The molecule has 1 aliphatic heterocycles. The van der Waals surface area contributed by atoms with Crippen LogP contribution in [0.2, 0.25) is 5.02 Å². The van der Waals surface area contributed by atoms with E-state index in [2.05, 4.69) is 25.9 Å². The van der Waals surface area contributed by atoms with Gasteiger partial charge in [0.15, 0.2) is 16.7 Å². The number of nitrogens with zero attached hydrogens (tertiary/aromatic N) is 3. The summed E-state index contributed by atoms with van der Waals surface area (Å²) < 4.78 is 47.1. The van der Waals surface area contributed by atoms with Crippen LogP contribution in [-0.2, 0) is 0 Å². The fourth-order valence-corrected chi connectivity index (χ4v) is 4.39. The van der Waals surface area contributed by atoms with Gasteiger partial charge in [-0.1, -0.05) is 23.4 Å². The van der Waals surface area contributed by atoms with Gasteiger partial charge >= 0.3 is 0 Å². The summed E-state index contributed by atoms with van der Waals surface area (Å²) in [5.41, 5.74) is 0.108. The second kappa shape index (κ2) is 6.60. The molecule has 0 atom stereocenters. The van der Waals surface area contributed by atoms with Crippen molar-refractivity contribution in [1.82, 2.24) is 9.97 Å². The molecule has 1 fully saturated rings. The molecule has 0 N–H and O–H groups in total. The molecule has 1 aromatic carbocycles. The average molecular weight is 469 g/mol. The topological polar surface area (TPSA) is 38.3 Å². The molecule has 2 aromatic rings. The minimum absolute atomic E-state index is 0.0884. The number of rotatable bonds is 3. The molecule has 0 bridgehead atoms. The minimum Gasteiger partial charge on any atom is -0.489 e. The minimum atomic E-state index is -2.59. The molecule has 0 radical (unpaired) electrons. The van der Waals surface area contributed by atoms with Crippen molar-refractivity contribution in [1.29, 1.82) is 0 Å². The van der Waals surface area contributed by atoms with Crippen LogP contribution in [0.15, 0.2) is 9.63 Å². The van der Waals surface area contributed by atoms with Gasteiger partial charge in [-0.05, 0) is 28.1 Å². The highest BCUT2D eigenvalue weighted by Gasteiger charge is 2.46. The van der Waals surface area contributed by atoms with Crippen LogP contribution in [0.4, 0.5) is 19.0 Å². The lowest BCUT2D eigenvalue weighted by Crippen LogP contribution is -2.43. The second-order valence-corrected chi connectivity index (χ2v) is 8.40. The Labute approximate surface area is 165 Å². The molecule has 2 heterocycles. The Balaban J connectivity index is 1.86. The number of hydrogen-bond acceptors (Lipinski definition) is 5. The third-order valence-electron chi connectivity index (χ3n) is 4.63. The van der Waals surface area contributed by atoms with E-state index in [9.17, 15) is 13.2 Å². The lowest BCUT2D eigenvalue weighted by Gasteiger charge is -2.38. The zero-order valence-electron chi connectivity index (χ0n) is 13.7. The quantitative estimate of drug-likeness (QED) is 0.354. The molecule has 0 spiro atoms. The van der Waals surface area contributed by atoms with Crippen molar-refractivity contribution in [2.75, 3.05) is 30.9 Å². The Morgan fingerprint density at radius 3 is 2.77 bits per heavy atom. The van der Waals surface area contributed by atoms with Crippen molar-refractivity contribution < 1.29 is 17.9 Å². The van der Waals surface area contributed by atoms with Crippen LogP contribution in [0.3, 0.4) is 0 Å². The van der Waals surface area contributed by atoms with Crippen molar-refractivity contribution in [2.45, 2.75) is 23.9 Å². The molecular formula is C16H14BrClF3N3OS. The lowest BCUT2D eigenvalue weighted by atomic mass is 9.81. The maximum atomic E-state index is 14.8. The van der Waals surface area contributed by atoms with E-state index in [4.69, 9.17) is 16.3 Å². The van der Waals surface area contributed by atoms with Gasteiger partial charge in [0.2, 0.25) is 5.92 Å². The van der Waals surface area contributed by atoms with Crippen LogP contribution >= 0.6 is 39.3 Å². The molecular weight excluding hydrogens is 455 g/mol. The summed E-state index contributed by atoms with van der Waals surface area (Å²) in [5.74, 6) is -2.51. The third kappa shape index (κ3) is 3.01. The first kappa shape index (κ1) is 18.4. The van der Waals surface area contributed by atoms with E-state index in [1.54, 1.807) is 6.26 Å². The number of benzene rings is 1. The molecule has 1 aromatic heterocycles. The fourth-order valence-electron chi connectivity index (χ4n) is 3.43. The maximum Gasteiger partial charge on any atom is 0.248 e. The number of halogens is 5. The van der Waals surface area contributed by atoms with E-state index < -0.39 is 11.7 Å². The van der Waals surface area contributed by atoms with Gasteiger partial charge in [0.25, 0.3) is 0 Å². The summed E-state index contributed by atoms with van der Waals surface area (Å²) in [6, 6.07) is 0. The summed E-state index contributed by atoms with van der Waals surface area (Å²) in [6.45, 7) is 1.15. The first-order valence-corrected chi connectivity index (χ1v) is 10.4. The van der Waals surface area contributed by atoms with Crippen molar-refractivity contribution >= 4 is 56.0 Å². The second-order valence-electron chi connectivity index (χ2n) is 6.45. The Kier molecular flexibility index (Phi) is 4.68. The summed E-state index contributed by atoms with van der Waals surface area (Å²) in [4.78, 5) is 10.7. The number of aromatic nitrogens is 2. The first-order chi connectivity index (χ1) is 12.3. The molecule has 26 heavy (non-hydrogen) atoms. The standard InChI is InChI=1S/C16H14BrClF3N3OS/c1-26-15-22-12-8-13(10(18)9(17)11(12)19)25-3-2-24(14(8)23-15)6-7-4-16(20,21)5-7/h7H,2-6H2,1H3. The van der Waals surface area contributed by atoms with Crippen molar-refractivity contribution in [3.8, 4) is 5.75 Å². The fraction of sp³-hybridized carbons (Fsp3) is 0.500. The number of ether oxygens (including phenoxy) is 1. The Morgan fingerprint density at radius 1 is 1.38 bits per heavy atom. The monoisotopic (exact) mass is 467 g/mol. The Bertz CT molecular complexity index is 893. The maximum absolute atomic E-state index is 14.8. The molecule has 1 saturated carbocycles. The molecule has 1 aliphatic carbocycles. The highest BCUT2D eigenvalue weighted by atomic mass is 79.9. The smallest absolute Gasteiger partial charge is 0.248 e. The van der Waals surface area contributed by atoms with Gasteiger partial charge in [-0.3, -0.25) is 0 Å². The SMILES string of the molecule is CSc1nc2c3c(c(Cl)c(Br)c(F)c3n1)OCCN2CC1CC(F)(F)C1. The van der Waals surface area contributed by atoms with Gasteiger partial charge in [0, 0.05) is 19.4 Å². The van der Waals surface area contributed by atoms with Crippen LogP contribution < -0.4 is 9.64 Å². The van der Waals surface area contributed by atoms with Crippen LogP contribution in [-0.4, -0.2) is 41.8 Å². The largest absolute Gasteiger partial charge is 0.489 e. The molecule has 0 unspecified atom stereocenters. The van der Waals surface area contributed by atoms with E-state index in [0.29, 0.717) is 41.8 Å². The number of anilines is 1. The summed E-state index contributed by atoms with van der Waals surface area (Å²) in [6.07, 6.45) is 1.51. The Morgan fingerprint density at radius 2 is 2.12 bits per heavy atom.